The van der Waals surface area contributed by atoms with Crippen molar-refractivity contribution in [3.63, 3.8) is 0 Å². The van der Waals surface area contributed by atoms with Crippen LogP contribution in [0.15, 0.2) is 24.3 Å². The molecule has 1 aromatic heterocycles. The Bertz CT molecular complexity index is 882. The lowest BCUT2D eigenvalue weighted by Crippen LogP contribution is -2.40. The van der Waals surface area contributed by atoms with Crippen molar-refractivity contribution in [2.75, 3.05) is 30.9 Å². The molecule has 8 nitrogen and oxygen atoms in total. The first kappa shape index (κ1) is 19.7. The van der Waals surface area contributed by atoms with Gasteiger partial charge < -0.3 is 19.9 Å². The van der Waals surface area contributed by atoms with Crippen LogP contribution in [0.25, 0.3) is 0 Å². The van der Waals surface area contributed by atoms with Crippen molar-refractivity contribution in [2.45, 2.75) is 39.3 Å². The second-order valence-corrected chi connectivity index (χ2v) is 8.08. The topological polar surface area (TPSA) is 90.6 Å². The molecule has 1 aliphatic rings. The third-order valence-corrected chi connectivity index (χ3v) is 4.42. The molecule has 1 aromatic carbocycles. The Morgan fingerprint density at radius 3 is 2.71 bits per heavy atom. The van der Waals surface area contributed by atoms with E-state index in [0.717, 1.165) is 16.9 Å². The first-order valence-electron chi connectivity index (χ1n) is 9.27. The van der Waals surface area contributed by atoms with E-state index in [4.69, 9.17) is 4.74 Å². The Morgan fingerprint density at radius 1 is 1.29 bits per heavy atom. The zero-order valence-electron chi connectivity index (χ0n) is 17.0. The number of rotatable bonds is 3. The number of hydrogen-bond donors (Lipinski definition) is 2. The van der Waals surface area contributed by atoms with E-state index < -0.39 is 5.60 Å². The maximum absolute atomic E-state index is 12.8. The summed E-state index contributed by atoms with van der Waals surface area (Å²) in [6.07, 6.45) is 0.217. The Labute approximate surface area is 164 Å². The summed E-state index contributed by atoms with van der Waals surface area (Å²) in [4.78, 5) is 28.7. The number of hydrogen-bond acceptors (Lipinski definition) is 5. The van der Waals surface area contributed by atoms with Crippen molar-refractivity contribution >= 4 is 23.4 Å². The quantitative estimate of drug-likeness (QED) is 0.848. The first-order chi connectivity index (χ1) is 13.1. The molecule has 2 amide bonds. The molecule has 0 saturated heterocycles. The SMILES string of the molecule is CN(C)c1cccc(NC(=O)c2n[nH]c3c2CN(C(=O)OC(C)(C)C)CC3)c1. The third-order valence-electron chi connectivity index (χ3n) is 4.42. The fourth-order valence-corrected chi connectivity index (χ4v) is 3.02. The predicted octanol–water partition coefficient (Wildman–Crippen LogP) is 3.02. The van der Waals surface area contributed by atoms with Crippen molar-refractivity contribution in [1.29, 1.82) is 0 Å². The highest BCUT2D eigenvalue weighted by atomic mass is 16.6. The summed E-state index contributed by atoms with van der Waals surface area (Å²) in [6, 6.07) is 7.57. The van der Waals surface area contributed by atoms with Crippen LogP contribution in [0.5, 0.6) is 0 Å². The molecule has 0 fully saturated rings. The summed E-state index contributed by atoms with van der Waals surface area (Å²) in [7, 11) is 3.88. The Balaban J connectivity index is 1.75. The van der Waals surface area contributed by atoms with Crippen LogP contribution in [0.3, 0.4) is 0 Å². The van der Waals surface area contributed by atoms with Gasteiger partial charge in [-0.05, 0) is 39.0 Å². The summed E-state index contributed by atoms with van der Waals surface area (Å²) in [6.45, 7) is 6.31. The largest absolute Gasteiger partial charge is 0.444 e. The van der Waals surface area contributed by atoms with E-state index in [1.54, 1.807) is 4.90 Å². The Morgan fingerprint density at radius 2 is 2.04 bits per heavy atom. The number of nitrogens with zero attached hydrogens (tertiary/aromatic N) is 3. The molecule has 3 rings (SSSR count). The molecule has 0 atom stereocenters. The maximum Gasteiger partial charge on any atom is 0.410 e. The molecule has 28 heavy (non-hydrogen) atoms. The molecule has 0 radical (unpaired) electrons. The van der Waals surface area contributed by atoms with E-state index in [-0.39, 0.29) is 12.0 Å². The minimum Gasteiger partial charge on any atom is -0.444 e. The molecule has 0 aliphatic carbocycles. The van der Waals surface area contributed by atoms with Gasteiger partial charge in [-0.3, -0.25) is 9.89 Å². The van der Waals surface area contributed by atoms with Crippen LogP contribution in [0, 0.1) is 0 Å². The number of carbonyl (C=O) groups is 2. The summed E-state index contributed by atoms with van der Waals surface area (Å²) in [5.41, 5.74) is 3.03. The van der Waals surface area contributed by atoms with E-state index in [1.165, 1.54) is 0 Å². The van der Waals surface area contributed by atoms with E-state index in [9.17, 15) is 9.59 Å². The summed E-state index contributed by atoms with van der Waals surface area (Å²) in [5.74, 6) is -0.306. The molecule has 0 spiro atoms. The summed E-state index contributed by atoms with van der Waals surface area (Å²) >= 11 is 0. The Hall–Kier alpha value is -3.03. The zero-order valence-corrected chi connectivity index (χ0v) is 17.0. The second kappa shape index (κ2) is 7.53. The van der Waals surface area contributed by atoms with Gasteiger partial charge in [0.05, 0.1) is 6.54 Å². The standard InChI is InChI=1S/C20H27N5O3/c1-20(2,3)28-19(27)25-10-9-16-15(12-25)17(23-22-16)18(26)21-13-7-6-8-14(11-13)24(4)5/h6-8,11H,9-10,12H2,1-5H3,(H,21,26)(H,22,23). The van der Waals surface area contributed by atoms with Crippen LogP contribution >= 0.6 is 0 Å². The van der Waals surface area contributed by atoms with Gasteiger partial charge in [0.1, 0.15) is 5.60 Å². The molecule has 2 heterocycles. The van der Waals surface area contributed by atoms with E-state index in [0.29, 0.717) is 30.9 Å². The average Bonchev–Trinajstić information content (AvgIpc) is 3.03. The van der Waals surface area contributed by atoms with Gasteiger partial charge in [-0.1, -0.05) is 6.07 Å². The van der Waals surface area contributed by atoms with Gasteiger partial charge in [0, 0.05) is 49.7 Å². The van der Waals surface area contributed by atoms with Gasteiger partial charge in [-0.2, -0.15) is 5.10 Å². The van der Waals surface area contributed by atoms with Crippen molar-refractivity contribution in [3.05, 3.63) is 41.2 Å². The van der Waals surface area contributed by atoms with Crippen LogP contribution in [-0.2, 0) is 17.7 Å². The fourth-order valence-electron chi connectivity index (χ4n) is 3.02. The smallest absolute Gasteiger partial charge is 0.410 e. The molecular formula is C20H27N5O3. The molecule has 1 aliphatic heterocycles. The maximum atomic E-state index is 12.8. The Kier molecular flexibility index (Phi) is 5.31. The van der Waals surface area contributed by atoms with Gasteiger partial charge in [0.15, 0.2) is 5.69 Å². The van der Waals surface area contributed by atoms with Crippen LogP contribution < -0.4 is 10.2 Å². The number of amides is 2. The summed E-state index contributed by atoms with van der Waals surface area (Å²) in [5, 5.41) is 10.0. The average molecular weight is 385 g/mol. The number of H-pyrrole nitrogens is 1. The van der Waals surface area contributed by atoms with Crippen molar-refractivity contribution < 1.29 is 14.3 Å². The van der Waals surface area contributed by atoms with Crippen LogP contribution in [-0.4, -0.2) is 53.3 Å². The number of aromatic nitrogens is 2. The van der Waals surface area contributed by atoms with Gasteiger partial charge in [0.2, 0.25) is 0 Å². The first-order valence-corrected chi connectivity index (χ1v) is 9.27. The van der Waals surface area contributed by atoms with Gasteiger partial charge in [-0.15, -0.1) is 0 Å². The lowest BCUT2D eigenvalue weighted by molar-refractivity contribution is 0.0222. The number of aromatic amines is 1. The van der Waals surface area contributed by atoms with Gasteiger partial charge in [0.25, 0.3) is 5.91 Å². The van der Waals surface area contributed by atoms with Crippen LogP contribution in [0.2, 0.25) is 0 Å². The van der Waals surface area contributed by atoms with Crippen molar-refractivity contribution in [2.24, 2.45) is 0 Å². The summed E-state index contributed by atoms with van der Waals surface area (Å²) < 4.78 is 5.45. The van der Waals surface area contributed by atoms with E-state index >= 15 is 0 Å². The number of fused-ring (bicyclic) bond motifs is 1. The fraction of sp³-hybridized carbons (Fsp3) is 0.450. The van der Waals surface area contributed by atoms with Crippen molar-refractivity contribution in [3.8, 4) is 0 Å². The molecule has 0 bridgehead atoms. The molecule has 0 unspecified atom stereocenters. The number of ether oxygens (including phenoxy) is 1. The molecule has 8 heteroatoms. The number of nitrogens with one attached hydrogen (secondary N) is 2. The molecule has 150 valence electrons. The highest BCUT2D eigenvalue weighted by molar-refractivity contribution is 6.04. The second-order valence-electron chi connectivity index (χ2n) is 8.08. The van der Waals surface area contributed by atoms with E-state index in [1.807, 2.05) is 64.0 Å². The minimum atomic E-state index is -0.564. The van der Waals surface area contributed by atoms with Crippen molar-refractivity contribution in [1.82, 2.24) is 15.1 Å². The molecular weight excluding hydrogens is 358 g/mol. The molecule has 0 saturated carbocycles. The van der Waals surface area contributed by atoms with Crippen LogP contribution in [0.1, 0.15) is 42.5 Å². The number of anilines is 2. The van der Waals surface area contributed by atoms with Crippen LogP contribution in [0.4, 0.5) is 16.2 Å². The normalized spacial score (nSPS) is 13.7. The zero-order chi connectivity index (χ0) is 20.5. The monoisotopic (exact) mass is 385 g/mol. The number of carbonyl (C=O) groups excluding carboxylic acids is 2. The highest BCUT2D eigenvalue weighted by Gasteiger charge is 2.30. The predicted molar refractivity (Wildman–Crippen MR) is 108 cm³/mol. The molecule has 2 N–H and O–H groups in total. The lowest BCUT2D eigenvalue weighted by atomic mass is 10.1. The van der Waals surface area contributed by atoms with Gasteiger partial charge >= 0.3 is 6.09 Å². The lowest BCUT2D eigenvalue weighted by Gasteiger charge is -2.30. The van der Waals surface area contributed by atoms with E-state index in [2.05, 4.69) is 15.5 Å². The number of benzene rings is 1. The molecule has 2 aromatic rings. The minimum absolute atomic E-state index is 0.293. The van der Waals surface area contributed by atoms with Gasteiger partial charge in [-0.25, -0.2) is 4.79 Å². The third kappa shape index (κ3) is 4.44. The highest BCUT2D eigenvalue weighted by Crippen LogP contribution is 2.24.